The first-order valence-corrected chi connectivity index (χ1v) is 10.6. The summed E-state index contributed by atoms with van der Waals surface area (Å²) in [5.41, 5.74) is 0.741. The van der Waals surface area contributed by atoms with Crippen molar-refractivity contribution in [2.45, 2.75) is 32.5 Å². The molecule has 0 aliphatic carbocycles. The first-order chi connectivity index (χ1) is 16.1. The Morgan fingerprint density at radius 1 is 1.21 bits per heavy atom. The number of benzene rings is 2. The lowest BCUT2D eigenvalue weighted by atomic mass is 10.1. The molecule has 0 saturated carbocycles. The fourth-order valence-electron chi connectivity index (χ4n) is 3.32. The summed E-state index contributed by atoms with van der Waals surface area (Å²) in [6.45, 7) is 2.18. The summed E-state index contributed by atoms with van der Waals surface area (Å²) >= 11 is 0. The van der Waals surface area contributed by atoms with Crippen molar-refractivity contribution in [2.75, 3.05) is 6.61 Å². The number of fused-ring (bicyclic) bond motifs is 1. The van der Waals surface area contributed by atoms with E-state index in [1.54, 1.807) is 18.2 Å². The van der Waals surface area contributed by atoms with Gasteiger partial charge in [0.2, 0.25) is 6.29 Å². The second-order valence-corrected chi connectivity index (χ2v) is 7.38. The third-order valence-corrected chi connectivity index (χ3v) is 5.01. The maximum absolute atomic E-state index is 12.3. The Balaban J connectivity index is 1.50. The Labute approximate surface area is 190 Å². The first kappa shape index (κ1) is 22.0. The average molecular weight is 446 g/mol. The van der Waals surface area contributed by atoms with Crippen LogP contribution < -0.4 is 4.74 Å². The third kappa shape index (κ3) is 4.99. The summed E-state index contributed by atoms with van der Waals surface area (Å²) in [7, 11) is 0. The van der Waals surface area contributed by atoms with Crippen LogP contribution in [0.15, 0.2) is 60.7 Å². The SMILES string of the molecule is CCCCOC(=O)c1nc(C#N)c2cc(OC3=COC(Cc4ccccc4)O3)ccc2c1O. The number of rotatable bonds is 8. The number of hydrogen-bond acceptors (Lipinski definition) is 8. The molecule has 2 aromatic carbocycles. The van der Waals surface area contributed by atoms with E-state index in [-0.39, 0.29) is 35.1 Å². The number of aromatic hydroxyl groups is 1. The molecule has 1 unspecified atom stereocenters. The van der Waals surface area contributed by atoms with E-state index in [2.05, 4.69) is 4.98 Å². The summed E-state index contributed by atoms with van der Waals surface area (Å²) in [6.07, 6.45) is 2.97. The van der Waals surface area contributed by atoms with Gasteiger partial charge in [-0.05, 0) is 30.2 Å². The fourth-order valence-corrected chi connectivity index (χ4v) is 3.32. The van der Waals surface area contributed by atoms with Gasteiger partial charge in [-0.3, -0.25) is 0 Å². The zero-order valence-electron chi connectivity index (χ0n) is 18.0. The molecule has 2 heterocycles. The largest absolute Gasteiger partial charge is 0.505 e. The maximum atomic E-state index is 12.3. The molecule has 0 fully saturated rings. The molecule has 1 aliphatic rings. The van der Waals surface area contributed by atoms with E-state index in [1.165, 1.54) is 6.26 Å². The van der Waals surface area contributed by atoms with Gasteiger partial charge >= 0.3 is 11.9 Å². The van der Waals surface area contributed by atoms with Crippen LogP contribution in [0.4, 0.5) is 0 Å². The van der Waals surface area contributed by atoms with Crippen molar-refractivity contribution in [3.05, 3.63) is 77.7 Å². The Kier molecular flexibility index (Phi) is 6.60. The standard InChI is InChI=1S/C25H22N2O6/c1-2-3-11-30-25(29)23-24(28)18-10-9-17(13-19(18)20(14-26)27-23)32-22-15-31-21(33-22)12-16-7-5-4-6-8-16/h4-10,13,15,21,28H,2-3,11-12H2,1H3. The summed E-state index contributed by atoms with van der Waals surface area (Å²) < 4.78 is 22.1. The highest BCUT2D eigenvalue weighted by atomic mass is 16.8. The van der Waals surface area contributed by atoms with Crippen molar-refractivity contribution in [3.8, 4) is 17.6 Å². The minimum Gasteiger partial charge on any atom is -0.505 e. The van der Waals surface area contributed by atoms with Crippen LogP contribution in [0.1, 0.15) is 41.5 Å². The molecule has 0 bridgehead atoms. The summed E-state index contributed by atoms with van der Waals surface area (Å²) in [5, 5.41) is 20.7. The smallest absolute Gasteiger partial charge is 0.360 e. The Morgan fingerprint density at radius 2 is 2.03 bits per heavy atom. The van der Waals surface area contributed by atoms with E-state index in [4.69, 9.17) is 18.9 Å². The molecule has 0 amide bonds. The lowest BCUT2D eigenvalue weighted by molar-refractivity contribution is -0.0519. The molecule has 0 saturated heterocycles. The van der Waals surface area contributed by atoms with E-state index in [1.807, 2.05) is 43.3 Å². The number of ether oxygens (including phenoxy) is 4. The molecular weight excluding hydrogens is 424 g/mol. The Morgan fingerprint density at radius 3 is 2.79 bits per heavy atom. The maximum Gasteiger partial charge on any atom is 0.360 e. The van der Waals surface area contributed by atoms with Crippen molar-refractivity contribution >= 4 is 16.7 Å². The predicted molar refractivity (Wildman–Crippen MR) is 118 cm³/mol. The molecule has 168 valence electrons. The lowest BCUT2D eigenvalue weighted by Gasteiger charge is -2.13. The van der Waals surface area contributed by atoms with Gasteiger partial charge in [-0.15, -0.1) is 0 Å². The van der Waals surface area contributed by atoms with E-state index < -0.39 is 12.3 Å². The molecule has 1 aliphatic heterocycles. The van der Waals surface area contributed by atoms with Crippen LogP contribution in [0.5, 0.6) is 11.5 Å². The molecule has 0 radical (unpaired) electrons. The number of esters is 1. The highest BCUT2D eigenvalue weighted by molar-refractivity contribution is 6.01. The van der Waals surface area contributed by atoms with Crippen molar-refractivity contribution < 1.29 is 28.8 Å². The van der Waals surface area contributed by atoms with Gasteiger partial charge in [0.25, 0.3) is 0 Å². The van der Waals surface area contributed by atoms with Crippen molar-refractivity contribution in [2.24, 2.45) is 0 Å². The van der Waals surface area contributed by atoms with Crippen LogP contribution in [0.3, 0.4) is 0 Å². The topological polar surface area (TPSA) is 111 Å². The monoisotopic (exact) mass is 446 g/mol. The van der Waals surface area contributed by atoms with E-state index in [9.17, 15) is 15.2 Å². The quantitative estimate of drug-likeness (QED) is 0.396. The normalized spacial score (nSPS) is 14.7. The number of carbonyl (C=O) groups excluding carboxylic acids is 1. The second-order valence-electron chi connectivity index (χ2n) is 7.38. The van der Waals surface area contributed by atoms with E-state index >= 15 is 0 Å². The molecule has 3 aromatic rings. The van der Waals surface area contributed by atoms with Gasteiger partial charge in [0, 0.05) is 17.2 Å². The van der Waals surface area contributed by atoms with Crippen molar-refractivity contribution in [3.63, 3.8) is 0 Å². The number of hydrogen-bond donors (Lipinski definition) is 1. The van der Waals surface area contributed by atoms with Crippen LogP contribution in [0.25, 0.3) is 10.8 Å². The van der Waals surface area contributed by atoms with Crippen LogP contribution >= 0.6 is 0 Å². The molecule has 8 nitrogen and oxygen atoms in total. The van der Waals surface area contributed by atoms with Crippen LogP contribution in [0.2, 0.25) is 0 Å². The highest BCUT2D eigenvalue weighted by Gasteiger charge is 2.23. The molecule has 1 aromatic heterocycles. The molecule has 4 rings (SSSR count). The van der Waals surface area contributed by atoms with Gasteiger partial charge in [-0.2, -0.15) is 5.26 Å². The minimum atomic E-state index is -0.772. The number of nitrogens with zero attached hydrogens (tertiary/aromatic N) is 2. The highest BCUT2D eigenvalue weighted by Crippen LogP contribution is 2.33. The predicted octanol–water partition coefficient (Wildman–Crippen LogP) is 4.56. The third-order valence-electron chi connectivity index (χ3n) is 5.01. The van der Waals surface area contributed by atoms with Gasteiger partial charge in [-0.1, -0.05) is 43.7 Å². The van der Waals surface area contributed by atoms with Gasteiger partial charge in [0.05, 0.1) is 6.61 Å². The Hall–Kier alpha value is -4.25. The van der Waals surface area contributed by atoms with Crippen molar-refractivity contribution in [1.29, 1.82) is 5.26 Å². The lowest BCUT2D eigenvalue weighted by Crippen LogP contribution is -2.13. The number of carbonyl (C=O) groups is 1. The second kappa shape index (κ2) is 9.92. The van der Waals surface area contributed by atoms with Gasteiger partial charge in [0.1, 0.15) is 17.5 Å². The molecule has 1 N–H and O–H groups in total. The van der Waals surface area contributed by atoms with Crippen LogP contribution in [-0.2, 0) is 20.6 Å². The minimum absolute atomic E-state index is 0.0322. The molecule has 1 atom stereocenters. The summed E-state index contributed by atoms with van der Waals surface area (Å²) in [4.78, 5) is 16.3. The molecule has 8 heteroatoms. The van der Waals surface area contributed by atoms with E-state index in [0.29, 0.717) is 24.0 Å². The van der Waals surface area contributed by atoms with Crippen molar-refractivity contribution in [1.82, 2.24) is 4.98 Å². The first-order valence-electron chi connectivity index (χ1n) is 10.6. The molecular formula is C25H22N2O6. The summed E-state index contributed by atoms with van der Waals surface area (Å²) in [6, 6.07) is 16.4. The van der Waals surface area contributed by atoms with Gasteiger partial charge in [0.15, 0.2) is 17.7 Å². The number of unbranched alkanes of at least 4 members (excludes halogenated alkanes) is 1. The fraction of sp³-hybridized carbons (Fsp3) is 0.240. The van der Waals surface area contributed by atoms with Gasteiger partial charge in [-0.25, -0.2) is 9.78 Å². The van der Waals surface area contributed by atoms with E-state index in [0.717, 1.165) is 12.0 Å². The number of pyridine rings is 1. The van der Waals surface area contributed by atoms with Crippen LogP contribution in [0, 0.1) is 11.3 Å². The number of nitriles is 1. The van der Waals surface area contributed by atoms with Crippen LogP contribution in [-0.4, -0.2) is 29.0 Å². The number of aromatic nitrogens is 1. The average Bonchev–Trinajstić information content (AvgIpc) is 3.26. The van der Waals surface area contributed by atoms with Gasteiger partial charge < -0.3 is 24.1 Å². The molecule has 0 spiro atoms. The summed E-state index contributed by atoms with van der Waals surface area (Å²) in [5.74, 6) is -0.596. The Bertz CT molecular complexity index is 1230. The zero-order valence-corrected chi connectivity index (χ0v) is 18.0. The zero-order chi connectivity index (χ0) is 23.2. The molecule has 33 heavy (non-hydrogen) atoms.